The maximum atomic E-state index is 13.2. The van der Waals surface area contributed by atoms with Crippen molar-refractivity contribution in [3.8, 4) is 0 Å². The van der Waals surface area contributed by atoms with Crippen molar-refractivity contribution in [1.82, 2.24) is 5.32 Å². The Hall–Kier alpha value is -2.24. The number of carbonyl (C=O) groups is 2. The van der Waals surface area contributed by atoms with Gasteiger partial charge in [-0.15, -0.1) is 0 Å². The number of carboxylic acid groups (broad SMARTS) is 1. The summed E-state index contributed by atoms with van der Waals surface area (Å²) in [5, 5.41) is 11.6. The Balaban J connectivity index is 2.26. The molecule has 2 rings (SSSR count). The van der Waals surface area contributed by atoms with Crippen LogP contribution in [0, 0.1) is 11.6 Å². The Morgan fingerprint density at radius 2 is 1.80 bits per heavy atom. The standard InChI is InChI=1S/C14H13F2NO3/c15-11-6-9(10(14(19)20)7-12(11)16)13(18)17-8-4-2-1-3-5-8/h1-2,6-8H,3-5H2,(H,17,18)(H,19,20). The molecule has 20 heavy (non-hydrogen) atoms. The first-order chi connectivity index (χ1) is 9.49. The van der Waals surface area contributed by atoms with Gasteiger partial charge in [-0.05, 0) is 31.4 Å². The smallest absolute Gasteiger partial charge is 0.336 e. The average molecular weight is 281 g/mol. The molecular weight excluding hydrogens is 268 g/mol. The number of carbonyl (C=O) groups excluding carboxylic acids is 1. The minimum Gasteiger partial charge on any atom is -0.478 e. The minimum absolute atomic E-state index is 0.123. The van der Waals surface area contributed by atoms with E-state index < -0.39 is 29.1 Å². The molecule has 106 valence electrons. The predicted molar refractivity (Wildman–Crippen MR) is 67.6 cm³/mol. The van der Waals surface area contributed by atoms with Crippen molar-refractivity contribution in [2.75, 3.05) is 0 Å². The van der Waals surface area contributed by atoms with Crippen LogP contribution < -0.4 is 5.32 Å². The molecule has 0 heterocycles. The highest BCUT2D eigenvalue weighted by Gasteiger charge is 2.22. The van der Waals surface area contributed by atoms with Crippen molar-refractivity contribution < 1.29 is 23.5 Å². The lowest BCUT2D eigenvalue weighted by Gasteiger charge is -2.19. The number of carboxylic acids is 1. The highest BCUT2D eigenvalue weighted by Crippen LogP contribution is 2.17. The normalized spacial score (nSPS) is 17.8. The summed E-state index contributed by atoms with van der Waals surface area (Å²) in [5.41, 5.74) is -0.918. The van der Waals surface area contributed by atoms with Crippen molar-refractivity contribution in [2.45, 2.75) is 25.3 Å². The Morgan fingerprint density at radius 1 is 1.15 bits per heavy atom. The third-order valence-electron chi connectivity index (χ3n) is 3.14. The van der Waals surface area contributed by atoms with Crippen molar-refractivity contribution in [3.63, 3.8) is 0 Å². The minimum atomic E-state index is -1.47. The van der Waals surface area contributed by atoms with E-state index in [0.717, 1.165) is 12.8 Å². The third kappa shape index (κ3) is 3.01. The van der Waals surface area contributed by atoms with Crippen LogP contribution in [-0.4, -0.2) is 23.0 Å². The molecule has 0 aromatic heterocycles. The summed E-state index contributed by atoms with van der Waals surface area (Å²) in [6.45, 7) is 0. The first-order valence-electron chi connectivity index (χ1n) is 6.17. The molecule has 0 aliphatic heterocycles. The van der Waals surface area contributed by atoms with Crippen LogP contribution in [0.4, 0.5) is 8.78 Å². The summed E-state index contributed by atoms with van der Waals surface area (Å²) in [5.74, 6) is -4.72. The summed E-state index contributed by atoms with van der Waals surface area (Å²) in [7, 11) is 0. The molecule has 0 saturated heterocycles. The second-order valence-corrected chi connectivity index (χ2v) is 4.57. The fourth-order valence-corrected chi connectivity index (χ4v) is 2.10. The van der Waals surface area contributed by atoms with Crippen LogP contribution in [0.2, 0.25) is 0 Å². The number of nitrogens with one attached hydrogen (secondary N) is 1. The topological polar surface area (TPSA) is 66.4 Å². The van der Waals surface area contributed by atoms with Gasteiger partial charge >= 0.3 is 5.97 Å². The van der Waals surface area contributed by atoms with E-state index in [4.69, 9.17) is 5.11 Å². The molecule has 2 N–H and O–H groups in total. The van der Waals surface area contributed by atoms with Crippen LogP contribution in [0.1, 0.15) is 40.0 Å². The van der Waals surface area contributed by atoms with Gasteiger partial charge in [-0.2, -0.15) is 0 Å². The van der Waals surface area contributed by atoms with Crippen molar-refractivity contribution in [2.24, 2.45) is 0 Å². The highest BCUT2D eigenvalue weighted by atomic mass is 19.2. The molecule has 6 heteroatoms. The summed E-state index contributed by atoms with van der Waals surface area (Å²) >= 11 is 0. The summed E-state index contributed by atoms with van der Waals surface area (Å²) in [4.78, 5) is 23.0. The van der Waals surface area contributed by atoms with Crippen LogP contribution in [0.25, 0.3) is 0 Å². The number of rotatable bonds is 3. The molecule has 1 atom stereocenters. The molecule has 1 unspecified atom stereocenters. The van der Waals surface area contributed by atoms with E-state index in [1.807, 2.05) is 12.2 Å². The van der Waals surface area contributed by atoms with E-state index in [1.54, 1.807) is 0 Å². The number of hydrogen-bond acceptors (Lipinski definition) is 2. The Bertz CT molecular complexity index is 584. The van der Waals surface area contributed by atoms with Gasteiger partial charge in [0.2, 0.25) is 0 Å². The Kier molecular flexibility index (Phi) is 4.12. The molecule has 0 radical (unpaired) electrons. The van der Waals surface area contributed by atoms with Crippen LogP contribution in [0.15, 0.2) is 24.3 Å². The number of benzene rings is 1. The average Bonchev–Trinajstić information content (AvgIpc) is 2.42. The van der Waals surface area contributed by atoms with Gasteiger partial charge in [0.25, 0.3) is 5.91 Å². The van der Waals surface area contributed by atoms with Gasteiger partial charge in [0.05, 0.1) is 11.1 Å². The molecule has 0 bridgehead atoms. The van der Waals surface area contributed by atoms with Crippen molar-refractivity contribution >= 4 is 11.9 Å². The van der Waals surface area contributed by atoms with Gasteiger partial charge in [0, 0.05) is 6.04 Å². The van der Waals surface area contributed by atoms with E-state index in [1.165, 1.54) is 0 Å². The molecule has 0 fully saturated rings. The second kappa shape index (κ2) is 5.81. The fraction of sp³-hybridized carbons (Fsp3) is 0.286. The fourth-order valence-electron chi connectivity index (χ4n) is 2.10. The van der Waals surface area contributed by atoms with Crippen LogP contribution >= 0.6 is 0 Å². The molecule has 4 nitrogen and oxygen atoms in total. The van der Waals surface area contributed by atoms with Crippen LogP contribution in [0.3, 0.4) is 0 Å². The summed E-state index contributed by atoms with van der Waals surface area (Å²) < 4.78 is 26.3. The number of allylic oxidation sites excluding steroid dienone is 1. The maximum Gasteiger partial charge on any atom is 0.336 e. The molecule has 1 aliphatic rings. The first kappa shape index (κ1) is 14.2. The number of amides is 1. The van der Waals surface area contributed by atoms with Gasteiger partial charge in [-0.3, -0.25) is 4.79 Å². The largest absolute Gasteiger partial charge is 0.478 e. The summed E-state index contributed by atoms with van der Waals surface area (Å²) in [6, 6.07) is 1.02. The van der Waals surface area contributed by atoms with Crippen LogP contribution in [-0.2, 0) is 0 Å². The first-order valence-corrected chi connectivity index (χ1v) is 6.17. The SMILES string of the molecule is O=C(O)c1cc(F)c(F)cc1C(=O)NC1CC=CCC1. The lowest BCUT2D eigenvalue weighted by molar-refractivity contribution is 0.0689. The monoisotopic (exact) mass is 281 g/mol. The van der Waals surface area contributed by atoms with E-state index >= 15 is 0 Å². The molecule has 0 saturated carbocycles. The number of halogens is 2. The van der Waals surface area contributed by atoms with E-state index in [0.29, 0.717) is 18.6 Å². The van der Waals surface area contributed by atoms with Crippen LogP contribution in [0.5, 0.6) is 0 Å². The van der Waals surface area contributed by atoms with Gasteiger partial charge < -0.3 is 10.4 Å². The maximum absolute atomic E-state index is 13.2. The number of hydrogen-bond donors (Lipinski definition) is 2. The zero-order chi connectivity index (χ0) is 14.7. The summed E-state index contributed by atoms with van der Waals surface area (Å²) in [6.07, 6.45) is 6.08. The van der Waals surface area contributed by atoms with Gasteiger partial charge in [-0.25, -0.2) is 13.6 Å². The lowest BCUT2D eigenvalue weighted by Crippen LogP contribution is -2.36. The molecule has 1 aromatic carbocycles. The molecule has 1 aromatic rings. The highest BCUT2D eigenvalue weighted by molar-refractivity contribution is 6.04. The molecular formula is C14H13F2NO3. The van der Waals surface area contributed by atoms with Gasteiger partial charge in [0.15, 0.2) is 11.6 Å². The third-order valence-corrected chi connectivity index (χ3v) is 3.14. The molecule has 1 aliphatic carbocycles. The van der Waals surface area contributed by atoms with E-state index in [9.17, 15) is 18.4 Å². The van der Waals surface area contributed by atoms with E-state index in [-0.39, 0.29) is 11.6 Å². The zero-order valence-corrected chi connectivity index (χ0v) is 10.5. The zero-order valence-electron chi connectivity index (χ0n) is 10.5. The quantitative estimate of drug-likeness (QED) is 0.836. The molecule has 1 amide bonds. The van der Waals surface area contributed by atoms with E-state index in [2.05, 4.69) is 5.32 Å². The van der Waals surface area contributed by atoms with Crippen molar-refractivity contribution in [1.29, 1.82) is 0 Å². The lowest BCUT2D eigenvalue weighted by atomic mass is 10.0. The van der Waals surface area contributed by atoms with Crippen molar-refractivity contribution in [3.05, 3.63) is 47.0 Å². The van der Waals surface area contributed by atoms with Gasteiger partial charge in [-0.1, -0.05) is 12.2 Å². The Morgan fingerprint density at radius 3 is 2.35 bits per heavy atom. The molecule has 0 spiro atoms. The van der Waals surface area contributed by atoms with Gasteiger partial charge in [0.1, 0.15) is 0 Å². The number of aromatic carboxylic acids is 1. The Labute approximate surface area is 114 Å². The second-order valence-electron chi connectivity index (χ2n) is 4.57. The predicted octanol–water partition coefficient (Wildman–Crippen LogP) is 2.50.